The predicted molar refractivity (Wildman–Crippen MR) is 157 cm³/mol. The van der Waals surface area contributed by atoms with E-state index in [4.69, 9.17) is 9.73 Å². The van der Waals surface area contributed by atoms with Gasteiger partial charge in [-0.3, -0.25) is 19.0 Å². The SMILES string of the molecule is CC(C)n1c2c(cc(=C3C=CC(NS(=O)(=O)CCC(F)(F)F)=C(F)C3)c1=O)CN=C(NC1CCC(N3CCOCC3)CC1)N=2. The number of nitrogens with zero attached hydrogens (tertiary/aromatic N) is 4. The molecule has 242 valence electrons. The van der Waals surface area contributed by atoms with Crippen molar-refractivity contribution >= 4 is 21.6 Å². The molecule has 44 heavy (non-hydrogen) atoms. The normalized spacial score (nSPS) is 24.6. The molecular weight excluding hydrogens is 604 g/mol. The van der Waals surface area contributed by atoms with E-state index in [0.717, 1.165) is 58.1 Å². The van der Waals surface area contributed by atoms with Crippen LogP contribution in [0.1, 0.15) is 64.0 Å². The highest BCUT2D eigenvalue weighted by atomic mass is 32.2. The molecule has 1 aromatic rings. The Labute approximate surface area is 253 Å². The average molecular weight is 643 g/mol. The summed E-state index contributed by atoms with van der Waals surface area (Å²) in [4.78, 5) is 25.5. The van der Waals surface area contributed by atoms with Gasteiger partial charge in [-0.1, -0.05) is 6.08 Å². The van der Waals surface area contributed by atoms with Crippen LogP contribution in [0.2, 0.25) is 0 Å². The number of morpholine rings is 1. The largest absolute Gasteiger partial charge is 0.390 e. The van der Waals surface area contributed by atoms with Gasteiger partial charge in [-0.05, 0) is 57.2 Å². The quantitative estimate of drug-likeness (QED) is 0.441. The van der Waals surface area contributed by atoms with Gasteiger partial charge in [0.1, 0.15) is 11.3 Å². The topological polar surface area (TPSA) is 117 Å². The number of nitrogens with one attached hydrogen (secondary N) is 2. The van der Waals surface area contributed by atoms with Crippen molar-refractivity contribution in [3.63, 3.8) is 0 Å². The van der Waals surface area contributed by atoms with E-state index < -0.39 is 46.3 Å². The molecule has 2 aliphatic carbocycles. The highest BCUT2D eigenvalue weighted by Gasteiger charge is 2.31. The van der Waals surface area contributed by atoms with Crippen LogP contribution in [0.5, 0.6) is 0 Å². The summed E-state index contributed by atoms with van der Waals surface area (Å²) in [6.07, 6.45) is 0.0446. The van der Waals surface area contributed by atoms with Crippen LogP contribution in [0.25, 0.3) is 5.57 Å². The molecule has 2 fully saturated rings. The molecule has 0 amide bonds. The van der Waals surface area contributed by atoms with Crippen LogP contribution in [0.4, 0.5) is 17.6 Å². The first kappa shape index (κ1) is 32.4. The third-order valence-electron chi connectivity index (χ3n) is 8.36. The minimum atomic E-state index is -4.66. The van der Waals surface area contributed by atoms with Crippen molar-refractivity contribution in [2.75, 3.05) is 32.1 Å². The third-order valence-corrected chi connectivity index (χ3v) is 9.63. The Morgan fingerprint density at radius 3 is 2.45 bits per heavy atom. The Morgan fingerprint density at radius 2 is 1.82 bits per heavy atom. The number of sulfonamides is 1. The standard InChI is InChI=1S/C29H38F4N6O4S/c1-18(2)39-26-20(17-34-28(36-26)35-21-4-6-22(7-5-21)38-10-12-43-13-11-38)15-23(27(39)40)19-3-8-25(24(30)16-19)37-44(41,42)14-9-29(31,32)33/h3,8,15,18,21-22,37H,4-7,9-14,16-17H2,1-2H3,(H,34,35). The van der Waals surface area contributed by atoms with Crippen LogP contribution in [0.3, 0.4) is 0 Å². The molecule has 2 aliphatic heterocycles. The number of guanidine groups is 1. The highest BCUT2D eigenvalue weighted by molar-refractivity contribution is 7.89. The Balaban J connectivity index is 1.33. The Kier molecular flexibility index (Phi) is 9.66. The van der Waals surface area contributed by atoms with Gasteiger partial charge in [0.05, 0.1) is 37.6 Å². The Morgan fingerprint density at radius 1 is 1.11 bits per heavy atom. The molecule has 5 rings (SSSR count). The summed E-state index contributed by atoms with van der Waals surface area (Å²) in [6, 6.07) is 2.16. The van der Waals surface area contributed by atoms with Crippen molar-refractivity contribution in [2.24, 2.45) is 9.98 Å². The Bertz CT molecular complexity index is 1630. The number of aliphatic imine (C=N–C) groups is 1. The zero-order chi connectivity index (χ0) is 31.6. The average Bonchev–Trinajstić information content (AvgIpc) is 2.97. The van der Waals surface area contributed by atoms with Crippen LogP contribution in [0, 0.1) is 0 Å². The second kappa shape index (κ2) is 13.1. The highest BCUT2D eigenvalue weighted by Crippen LogP contribution is 2.26. The van der Waals surface area contributed by atoms with Crippen molar-refractivity contribution < 1.29 is 30.7 Å². The van der Waals surface area contributed by atoms with Crippen LogP contribution in [-0.4, -0.2) is 74.2 Å². The number of pyridine rings is 1. The Hall–Kier alpha value is -3.04. The minimum absolute atomic E-state index is 0.228. The van der Waals surface area contributed by atoms with Gasteiger partial charge in [0, 0.05) is 48.4 Å². The van der Waals surface area contributed by atoms with Gasteiger partial charge in [0.25, 0.3) is 5.56 Å². The van der Waals surface area contributed by atoms with E-state index in [2.05, 4.69) is 15.2 Å². The molecule has 0 aromatic carbocycles. The number of ether oxygens (including phenoxy) is 1. The van der Waals surface area contributed by atoms with Crippen LogP contribution >= 0.6 is 0 Å². The van der Waals surface area contributed by atoms with E-state index >= 15 is 4.39 Å². The first-order valence-corrected chi connectivity index (χ1v) is 16.6. The number of hydrogen-bond acceptors (Lipinski definition) is 8. The number of aromatic nitrogens is 1. The lowest BCUT2D eigenvalue weighted by molar-refractivity contribution is -0.129. The summed E-state index contributed by atoms with van der Waals surface area (Å²) in [5.74, 6) is -1.64. The molecule has 10 nitrogen and oxygen atoms in total. The molecule has 15 heteroatoms. The maximum absolute atomic E-state index is 15.0. The van der Waals surface area contributed by atoms with Crippen molar-refractivity contribution in [3.8, 4) is 0 Å². The maximum atomic E-state index is 15.0. The fourth-order valence-corrected chi connectivity index (χ4v) is 7.17. The number of hydrogen-bond donors (Lipinski definition) is 2. The second-order valence-corrected chi connectivity index (χ2v) is 13.7. The van der Waals surface area contributed by atoms with E-state index in [1.165, 1.54) is 6.08 Å². The molecule has 1 aromatic heterocycles. The summed E-state index contributed by atoms with van der Waals surface area (Å²) in [7, 11) is -4.43. The number of halogens is 4. The van der Waals surface area contributed by atoms with E-state index in [-0.39, 0.29) is 29.4 Å². The smallest absolute Gasteiger partial charge is 0.379 e. The fourth-order valence-electron chi connectivity index (χ4n) is 6.06. The van der Waals surface area contributed by atoms with Gasteiger partial charge in [-0.25, -0.2) is 17.8 Å². The molecule has 1 saturated heterocycles. The summed E-state index contributed by atoms with van der Waals surface area (Å²) < 4.78 is 85.5. The lowest BCUT2D eigenvalue weighted by Gasteiger charge is -2.39. The van der Waals surface area contributed by atoms with Crippen LogP contribution in [0.15, 0.2) is 44.5 Å². The molecular formula is C29H38F4N6O4S. The van der Waals surface area contributed by atoms with Crippen molar-refractivity contribution in [1.29, 1.82) is 0 Å². The van der Waals surface area contributed by atoms with Gasteiger partial charge in [0.2, 0.25) is 16.0 Å². The van der Waals surface area contributed by atoms with Crippen LogP contribution < -0.4 is 26.3 Å². The fraction of sp³-hybridized carbons (Fsp3) is 0.621. The second-order valence-electron chi connectivity index (χ2n) is 11.9. The summed E-state index contributed by atoms with van der Waals surface area (Å²) in [5, 5.41) is 3.69. The van der Waals surface area contributed by atoms with Gasteiger partial charge < -0.3 is 10.1 Å². The number of fused-ring (bicyclic) bond motifs is 1. The first-order valence-electron chi connectivity index (χ1n) is 14.9. The van der Waals surface area contributed by atoms with Crippen LogP contribution in [-0.2, 0) is 21.3 Å². The van der Waals surface area contributed by atoms with Gasteiger partial charge >= 0.3 is 6.18 Å². The van der Waals surface area contributed by atoms with Gasteiger partial charge in [0.15, 0.2) is 0 Å². The molecule has 0 spiro atoms. The molecule has 1 saturated carbocycles. The zero-order valence-corrected chi connectivity index (χ0v) is 25.6. The molecule has 2 N–H and O–H groups in total. The molecule has 4 aliphatic rings. The van der Waals surface area contributed by atoms with E-state index in [9.17, 15) is 26.4 Å². The third kappa shape index (κ3) is 7.78. The van der Waals surface area contributed by atoms with E-state index in [1.54, 1.807) is 10.6 Å². The molecule has 0 atom stereocenters. The first-order chi connectivity index (χ1) is 20.8. The predicted octanol–water partition coefficient (Wildman–Crippen LogP) is 2.31. The van der Waals surface area contributed by atoms with Gasteiger partial charge in [-0.15, -0.1) is 0 Å². The maximum Gasteiger partial charge on any atom is 0.390 e. The summed E-state index contributed by atoms with van der Waals surface area (Å²) in [5.41, 5.74) is 0.665. The summed E-state index contributed by atoms with van der Waals surface area (Å²) >= 11 is 0. The number of allylic oxidation sites excluding steroid dienone is 3. The van der Waals surface area contributed by atoms with Crippen molar-refractivity contribution in [1.82, 2.24) is 19.5 Å². The van der Waals surface area contributed by atoms with Gasteiger partial charge in [-0.2, -0.15) is 18.2 Å². The molecule has 0 bridgehead atoms. The van der Waals surface area contributed by atoms with E-state index in [1.807, 2.05) is 18.6 Å². The lowest BCUT2D eigenvalue weighted by atomic mass is 9.90. The lowest BCUT2D eigenvalue weighted by Crippen LogP contribution is -2.50. The molecule has 0 radical (unpaired) electrons. The zero-order valence-electron chi connectivity index (χ0n) is 24.8. The number of alkyl halides is 3. The van der Waals surface area contributed by atoms with Crippen molar-refractivity contribution in [3.05, 3.63) is 56.4 Å². The summed E-state index contributed by atoms with van der Waals surface area (Å²) in [6.45, 7) is 7.48. The monoisotopic (exact) mass is 642 g/mol. The molecule has 3 heterocycles. The number of rotatable bonds is 7. The molecule has 0 unspecified atom stereocenters. The van der Waals surface area contributed by atoms with Crippen molar-refractivity contribution in [2.45, 2.75) is 83.2 Å². The minimum Gasteiger partial charge on any atom is -0.379 e. The van der Waals surface area contributed by atoms with E-state index in [0.29, 0.717) is 28.6 Å².